The van der Waals surface area contributed by atoms with Gasteiger partial charge in [0.05, 0.1) is 0 Å². The minimum absolute atomic E-state index is 0.260. The number of hydrogen-bond acceptors (Lipinski definition) is 7. The highest BCUT2D eigenvalue weighted by Crippen LogP contribution is 2.33. The molecule has 0 amide bonds. The number of benzene rings is 3. The van der Waals surface area contributed by atoms with Crippen molar-refractivity contribution in [2.24, 2.45) is 0 Å². The van der Waals surface area contributed by atoms with Gasteiger partial charge < -0.3 is 29.2 Å². The van der Waals surface area contributed by atoms with Crippen LogP contribution in [0.15, 0.2) is 78.9 Å². The van der Waals surface area contributed by atoms with Gasteiger partial charge in [-0.15, -0.1) is 0 Å². The molecule has 0 saturated heterocycles. The highest BCUT2D eigenvalue weighted by atomic mass is 16.6. The van der Waals surface area contributed by atoms with Crippen LogP contribution in [-0.4, -0.2) is 65.8 Å². The van der Waals surface area contributed by atoms with Gasteiger partial charge in [0.1, 0.15) is 25.4 Å². The first-order chi connectivity index (χ1) is 16.7. The molecule has 0 radical (unpaired) electrons. The number of hydrogen-bond donors (Lipinski definition) is 2. The second kappa shape index (κ2) is 10.3. The maximum Gasteiger partial charge on any atom is 0.161 e. The van der Waals surface area contributed by atoms with Crippen molar-refractivity contribution < 1.29 is 29.2 Å². The van der Waals surface area contributed by atoms with Crippen LogP contribution in [0.3, 0.4) is 0 Å². The van der Waals surface area contributed by atoms with E-state index in [-0.39, 0.29) is 13.2 Å². The number of nitrogens with zero attached hydrogens (tertiary/aromatic N) is 1. The van der Waals surface area contributed by atoms with Crippen LogP contribution in [0.4, 0.5) is 0 Å². The fourth-order valence-electron chi connectivity index (χ4n) is 4.26. The van der Waals surface area contributed by atoms with Crippen LogP contribution in [0, 0.1) is 0 Å². The van der Waals surface area contributed by atoms with E-state index in [9.17, 15) is 10.2 Å². The first-order valence-electron chi connectivity index (χ1n) is 11.5. The Labute approximate surface area is 199 Å². The second-order valence-electron chi connectivity index (χ2n) is 8.64. The standard InChI is InChI=1S/C27H29NO6/c29-20(26-17-31-22-10-4-6-12-24(22)33-26)15-28(14-19-8-2-1-3-9-19)16-21(30)27-18-32-23-11-5-7-13-25(23)34-27/h1-13,20-21,26-27,29-30H,14-18H2. The van der Waals surface area contributed by atoms with Crippen LogP contribution in [0.1, 0.15) is 5.56 Å². The van der Waals surface area contributed by atoms with Crippen LogP contribution in [0.2, 0.25) is 0 Å². The second-order valence-corrected chi connectivity index (χ2v) is 8.64. The van der Waals surface area contributed by atoms with E-state index in [0.717, 1.165) is 5.56 Å². The summed E-state index contributed by atoms with van der Waals surface area (Å²) in [6.07, 6.45) is -2.64. The van der Waals surface area contributed by atoms with Crippen molar-refractivity contribution in [3.8, 4) is 23.0 Å². The topological polar surface area (TPSA) is 80.6 Å². The SMILES string of the molecule is OC(CN(Cc1ccccc1)CC(O)C1COc2ccccc2O1)C1COc2ccccc2O1. The van der Waals surface area contributed by atoms with E-state index in [0.29, 0.717) is 42.6 Å². The minimum Gasteiger partial charge on any atom is -0.486 e. The Balaban J connectivity index is 1.26. The molecule has 0 spiro atoms. The van der Waals surface area contributed by atoms with Gasteiger partial charge in [0.2, 0.25) is 0 Å². The third-order valence-corrected chi connectivity index (χ3v) is 6.06. The lowest BCUT2D eigenvalue weighted by Crippen LogP contribution is -2.50. The summed E-state index contributed by atoms with van der Waals surface area (Å²) in [5, 5.41) is 22.0. The molecule has 2 heterocycles. The van der Waals surface area contributed by atoms with E-state index in [4.69, 9.17) is 18.9 Å². The highest BCUT2D eigenvalue weighted by molar-refractivity contribution is 5.41. The quantitative estimate of drug-likeness (QED) is 0.532. The Morgan fingerprint density at radius 3 is 1.59 bits per heavy atom. The zero-order valence-corrected chi connectivity index (χ0v) is 18.8. The molecule has 5 rings (SSSR count). The summed E-state index contributed by atoms with van der Waals surface area (Å²) in [6.45, 7) is 1.68. The van der Waals surface area contributed by atoms with Gasteiger partial charge in [-0.2, -0.15) is 0 Å². The lowest BCUT2D eigenvalue weighted by molar-refractivity contribution is -0.0508. The predicted octanol–water partition coefficient (Wildman–Crippen LogP) is 2.89. The molecule has 4 atom stereocenters. The number of para-hydroxylation sites is 4. The number of fused-ring (bicyclic) bond motifs is 2. The van der Waals surface area contributed by atoms with Gasteiger partial charge in [-0.05, 0) is 29.8 Å². The fourth-order valence-corrected chi connectivity index (χ4v) is 4.26. The molecule has 0 aliphatic carbocycles. The first-order valence-corrected chi connectivity index (χ1v) is 11.5. The lowest BCUT2D eigenvalue weighted by Gasteiger charge is -2.35. The lowest BCUT2D eigenvalue weighted by atomic mass is 10.1. The first kappa shape index (κ1) is 22.5. The number of aliphatic hydroxyl groups is 2. The molecular weight excluding hydrogens is 434 g/mol. The Kier molecular flexibility index (Phi) is 6.85. The van der Waals surface area contributed by atoms with Gasteiger partial charge in [0.15, 0.2) is 35.2 Å². The van der Waals surface area contributed by atoms with Crippen molar-refractivity contribution in [2.45, 2.75) is 31.0 Å². The summed E-state index contributed by atoms with van der Waals surface area (Å²) in [4.78, 5) is 2.01. The fraction of sp³-hybridized carbons (Fsp3) is 0.333. The molecule has 178 valence electrons. The predicted molar refractivity (Wildman–Crippen MR) is 126 cm³/mol. The zero-order chi connectivity index (χ0) is 23.3. The highest BCUT2D eigenvalue weighted by Gasteiger charge is 2.32. The summed E-state index contributed by atoms with van der Waals surface area (Å²) in [5.41, 5.74) is 1.08. The maximum atomic E-state index is 11.0. The molecule has 0 bridgehead atoms. The van der Waals surface area contributed by atoms with Gasteiger partial charge in [-0.25, -0.2) is 0 Å². The zero-order valence-electron chi connectivity index (χ0n) is 18.8. The number of rotatable bonds is 8. The molecule has 3 aromatic carbocycles. The molecule has 0 aromatic heterocycles. The van der Waals surface area contributed by atoms with Gasteiger partial charge in [0.25, 0.3) is 0 Å². The van der Waals surface area contributed by atoms with Crippen molar-refractivity contribution >= 4 is 0 Å². The molecule has 7 heteroatoms. The van der Waals surface area contributed by atoms with Gasteiger partial charge >= 0.3 is 0 Å². The summed E-state index contributed by atoms with van der Waals surface area (Å²) < 4.78 is 23.5. The van der Waals surface area contributed by atoms with Crippen molar-refractivity contribution in [1.82, 2.24) is 4.90 Å². The Bertz CT molecular complexity index is 1010. The third kappa shape index (κ3) is 5.28. The van der Waals surface area contributed by atoms with Crippen LogP contribution in [0.5, 0.6) is 23.0 Å². The molecule has 0 saturated carbocycles. The van der Waals surface area contributed by atoms with E-state index < -0.39 is 24.4 Å². The summed E-state index contributed by atoms with van der Waals surface area (Å²) in [6, 6.07) is 24.9. The van der Waals surface area contributed by atoms with Crippen LogP contribution < -0.4 is 18.9 Å². The van der Waals surface area contributed by atoms with E-state index in [1.807, 2.05) is 83.8 Å². The summed E-state index contributed by atoms with van der Waals surface area (Å²) in [5.74, 6) is 2.60. The molecular formula is C27H29NO6. The Morgan fingerprint density at radius 2 is 1.09 bits per heavy atom. The minimum atomic E-state index is -0.812. The van der Waals surface area contributed by atoms with E-state index in [2.05, 4.69) is 0 Å². The van der Waals surface area contributed by atoms with E-state index in [1.54, 1.807) is 0 Å². The molecule has 0 fully saturated rings. The smallest absolute Gasteiger partial charge is 0.161 e. The molecule has 2 aliphatic rings. The van der Waals surface area contributed by atoms with Crippen LogP contribution in [0.25, 0.3) is 0 Å². The van der Waals surface area contributed by atoms with Crippen molar-refractivity contribution in [1.29, 1.82) is 0 Å². The Morgan fingerprint density at radius 1 is 0.647 bits per heavy atom. The molecule has 7 nitrogen and oxygen atoms in total. The monoisotopic (exact) mass is 463 g/mol. The van der Waals surface area contributed by atoms with Gasteiger partial charge in [-0.1, -0.05) is 54.6 Å². The van der Waals surface area contributed by atoms with Gasteiger partial charge in [0, 0.05) is 19.6 Å². The summed E-state index contributed by atoms with van der Waals surface area (Å²) in [7, 11) is 0. The normalized spacial score (nSPS) is 20.6. The molecule has 2 aliphatic heterocycles. The number of aliphatic hydroxyl groups excluding tert-OH is 2. The summed E-state index contributed by atoms with van der Waals surface area (Å²) >= 11 is 0. The van der Waals surface area contributed by atoms with Crippen molar-refractivity contribution in [3.05, 3.63) is 84.4 Å². The van der Waals surface area contributed by atoms with E-state index in [1.165, 1.54) is 0 Å². The van der Waals surface area contributed by atoms with E-state index >= 15 is 0 Å². The number of ether oxygens (including phenoxy) is 4. The average Bonchev–Trinajstić information content (AvgIpc) is 2.88. The molecule has 4 unspecified atom stereocenters. The third-order valence-electron chi connectivity index (χ3n) is 6.06. The van der Waals surface area contributed by atoms with Crippen molar-refractivity contribution in [2.75, 3.05) is 26.3 Å². The van der Waals surface area contributed by atoms with Crippen molar-refractivity contribution in [3.63, 3.8) is 0 Å². The molecule has 2 N–H and O–H groups in total. The molecule has 34 heavy (non-hydrogen) atoms. The van der Waals surface area contributed by atoms with Crippen LogP contribution >= 0.6 is 0 Å². The van der Waals surface area contributed by atoms with Gasteiger partial charge in [-0.3, -0.25) is 4.90 Å². The van der Waals surface area contributed by atoms with Crippen LogP contribution in [-0.2, 0) is 6.54 Å². The molecule has 3 aromatic rings. The Hall–Kier alpha value is -3.26. The largest absolute Gasteiger partial charge is 0.486 e. The average molecular weight is 464 g/mol. The maximum absolute atomic E-state index is 11.0.